The standard InChI is InChI=1S/C14H17BrN4O/c1-2-6-20-14-12(16)13(18-9-19-14)17-8-10-4-3-5-11(15)7-10/h3-5,7,9H,2,6,8,16H2,1H3,(H,17,18,19). The Kier molecular flexibility index (Phi) is 5.17. The minimum Gasteiger partial charge on any atom is -0.476 e. The molecule has 0 amide bonds. The van der Waals surface area contributed by atoms with Gasteiger partial charge in [0.15, 0.2) is 5.82 Å². The molecule has 2 aromatic rings. The molecule has 5 nitrogen and oxygen atoms in total. The van der Waals surface area contributed by atoms with Crippen molar-refractivity contribution in [2.24, 2.45) is 0 Å². The van der Waals surface area contributed by atoms with Gasteiger partial charge < -0.3 is 15.8 Å². The molecule has 1 aromatic heterocycles. The van der Waals surface area contributed by atoms with E-state index < -0.39 is 0 Å². The number of nitrogen functional groups attached to an aromatic ring is 1. The normalized spacial score (nSPS) is 10.3. The van der Waals surface area contributed by atoms with Crippen LogP contribution in [0.1, 0.15) is 18.9 Å². The summed E-state index contributed by atoms with van der Waals surface area (Å²) in [6.45, 7) is 3.25. The molecule has 0 aliphatic carbocycles. The summed E-state index contributed by atoms with van der Waals surface area (Å²) in [5.74, 6) is 1.02. The summed E-state index contributed by atoms with van der Waals surface area (Å²) < 4.78 is 6.52. The van der Waals surface area contributed by atoms with Crippen molar-refractivity contribution < 1.29 is 4.74 Å². The number of aromatic nitrogens is 2. The third kappa shape index (κ3) is 3.84. The van der Waals surface area contributed by atoms with Crippen molar-refractivity contribution >= 4 is 27.4 Å². The number of benzene rings is 1. The van der Waals surface area contributed by atoms with Gasteiger partial charge in [0, 0.05) is 11.0 Å². The monoisotopic (exact) mass is 336 g/mol. The van der Waals surface area contributed by atoms with E-state index in [0.717, 1.165) is 16.5 Å². The maximum atomic E-state index is 6.00. The Bertz CT molecular complexity index is 577. The zero-order valence-electron chi connectivity index (χ0n) is 11.3. The van der Waals surface area contributed by atoms with E-state index in [-0.39, 0.29) is 0 Å². The molecule has 0 atom stereocenters. The van der Waals surface area contributed by atoms with Gasteiger partial charge in [-0.05, 0) is 24.1 Å². The van der Waals surface area contributed by atoms with Gasteiger partial charge in [-0.15, -0.1) is 0 Å². The number of halogens is 1. The van der Waals surface area contributed by atoms with Crippen molar-refractivity contribution in [2.75, 3.05) is 17.7 Å². The third-order valence-electron chi connectivity index (χ3n) is 2.64. The lowest BCUT2D eigenvalue weighted by molar-refractivity contribution is 0.306. The maximum absolute atomic E-state index is 6.00. The molecule has 0 unspecified atom stereocenters. The van der Waals surface area contributed by atoms with E-state index in [1.807, 2.05) is 31.2 Å². The first-order valence-corrected chi connectivity index (χ1v) is 7.21. The summed E-state index contributed by atoms with van der Waals surface area (Å²) in [5, 5.41) is 3.20. The lowest BCUT2D eigenvalue weighted by Gasteiger charge is -2.11. The fourth-order valence-corrected chi connectivity index (χ4v) is 2.11. The summed E-state index contributed by atoms with van der Waals surface area (Å²) in [7, 11) is 0. The first-order chi connectivity index (χ1) is 9.70. The van der Waals surface area contributed by atoms with Crippen LogP contribution < -0.4 is 15.8 Å². The van der Waals surface area contributed by atoms with Crippen molar-refractivity contribution in [2.45, 2.75) is 19.9 Å². The predicted octanol–water partition coefficient (Wildman–Crippen LogP) is 3.22. The molecule has 20 heavy (non-hydrogen) atoms. The minimum absolute atomic E-state index is 0.429. The average molecular weight is 337 g/mol. The fourth-order valence-electron chi connectivity index (χ4n) is 1.67. The molecule has 0 saturated heterocycles. The van der Waals surface area contributed by atoms with Crippen LogP contribution in [0.3, 0.4) is 0 Å². The summed E-state index contributed by atoms with van der Waals surface area (Å²) in [6.07, 6.45) is 2.36. The smallest absolute Gasteiger partial charge is 0.242 e. The topological polar surface area (TPSA) is 73.1 Å². The Morgan fingerprint density at radius 2 is 2.20 bits per heavy atom. The van der Waals surface area contributed by atoms with Gasteiger partial charge in [0.2, 0.25) is 5.88 Å². The Morgan fingerprint density at radius 3 is 2.95 bits per heavy atom. The molecule has 106 valence electrons. The molecule has 1 aromatic carbocycles. The molecule has 0 fully saturated rings. The zero-order valence-corrected chi connectivity index (χ0v) is 12.9. The highest BCUT2D eigenvalue weighted by Gasteiger charge is 2.08. The molecule has 0 bridgehead atoms. The lowest BCUT2D eigenvalue weighted by Crippen LogP contribution is -2.08. The van der Waals surface area contributed by atoms with Crippen LogP contribution in [-0.2, 0) is 6.54 Å². The molecule has 1 heterocycles. The summed E-state index contributed by atoms with van der Waals surface area (Å²) >= 11 is 3.44. The van der Waals surface area contributed by atoms with Gasteiger partial charge in [-0.3, -0.25) is 0 Å². The van der Waals surface area contributed by atoms with Crippen LogP contribution in [0.2, 0.25) is 0 Å². The zero-order chi connectivity index (χ0) is 14.4. The predicted molar refractivity (Wildman–Crippen MR) is 83.7 cm³/mol. The molecule has 0 spiro atoms. The van der Waals surface area contributed by atoms with Crippen molar-refractivity contribution in [3.63, 3.8) is 0 Å². The van der Waals surface area contributed by atoms with Crippen LogP contribution in [0, 0.1) is 0 Å². The summed E-state index contributed by atoms with van der Waals surface area (Å²) in [6, 6.07) is 8.04. The number of nitrogens with one attached hydrogen (secondary N) is 1. The highest BCUT2D eigenvalue weighted by Crippen LogP contribution is 2.25. The van der Waals surface area contributed by atoms with Crippen LogP contribution >= 0.6 is 15.9 Å². The van der Waals surface area contributed by atoms with Crippen molar-refractivity contribution in [3.05, 3.63) is 40.6 Å². The highest BCUT2D eigenvalue weighted by molar-refractivity contribution is 9.10. The van der Waals surface area contributed by atoms with E-state index in [1.54, 1.807) is 0 Å². The van der Waals surface area contributed by atoms with Gasteiger partial charge in [-0.25, -0.2) is 4.98 Å². The van der Waals surface area contributed by atoms with E-state index >= 15 is 0 Å². The number of anilines is 2. The molecular weight excluding hydrogens is 320 g/mol. The van der Waals surface area contributed by atoms with Crippen LogP contribution in [0.15, 0.2) is 35.1 Å². The second-order valence-corrected chi connectivity index (χ2v) is 5.19. The molecule has 0 saturated carbocycles. The second-order valence-electron chi connectivity index (χ2n) is 4.27. The van der Waals surface area contributed by atoms with Gasteiger partial charge in [0.1, 0.15) is 12.0 Å². The van der Waals surface area contributed by atoms with E-state index in [0.29, 0.717) is 30.5 Å². The molecule has 3 N–H and O–H groups in total. The first-order valence-electron chi connectivity index (χ1n) is 6.42. The Balaban J connectivity index is 2.06. The molecule has 2 rings (SSSR count). The molecule has 0 aliphatic rings. The van der Waals surface area contributed by atoms with E-state index in [1.165, 1.54) is 6.33 Å². The third-order valence-corrected chi connectivity index (χ3v) is 3.13. The Labute approximate surface area is 126 Å². The van der Waals surface area contributed by atoms with Gasteiger partial charge in [-0.1, -0.05) is 35.0 Å². The van der Waals surface area contributed by atoms with Crippen LogP contribution in [0.4, 0.5) is 11.5 Å². The molecule has 6 heteroatoms. The maximum Gasteiger partial charge on any atom is 0.242 e. The van der Waals surface area contributed by atoms with Crippen LogP contribution in [0.5, 0.6) is 5.88 Å². The largest absolute Gasteiger partial charge is 0.476 e. The number of hydrogen-bond acceptors (Lipinski definition) is 5. The average Bonchev–Trinajstić information content (AvgIpc) is 2.45. The van der Waals surface area contributed by atoms with E-state index in [4.69, 9.17) is 10.5 Å². The summed E-state index contributed by atoms with van der Waals surface area (Å²) in [5.41, 5.74) is 7.57. The van der Waals surface area contributed by atoms with Gasteiger partial charge in [0.25, 0.3) is 0 Å². The van der Waals surface area contributed by atoms with Crippen molar-refractivity contribution in [1.29, 1.82) is 0 Å². The SMILES string of the molecule is CCCOc1ncnc(NCc2cccc(Br)c2)c1N. The minimum atomic E-state index is 0.429. The second kappa shape index (κ2) is 7.09. The van der Waals surface area contributed by atoms with E-state index in [9.17, 15) is 0 Å². The highest BCUT2D eigenvalue weighted by atomic mass is 79.9. The quantitative estimate of drug-likeness (QED) is 0.847. The van der Waals surface area contributed by atoms with Gasteiger partial charge >= 0.3 is 0 Å². The Hall–Kier alpha value is -1.82. The fraction of sp³-hybridized carbons (Fsp3) is 0.286. The van der Waals surface area contributed by atoms with Crippen molar-refractivity contribution in [3.8, 4) is 5.88 Å². The molecule has 0 radical (unpaired) electrons. The lowest BCUT2D eigenvalue weighted by atomic mass is 10.2. The Morgan fingerprint density at radius 1 is 1.35 bits per heavy atom. The van der Waals surface area contributed by atoms with E-state index in [2.05, 4.69) is 31.2 Å². The molecule has 0 aliphatic heterocycles. The van der Waals surface area contributed by atoms with Gasteiger partial charge in [0.05, 0.1) is 6.61 Å². The number of rotatable bonds is 6. The van der Waals surface area contributed by atoms with Crippen LogP contribution in [-0.4, -0.2) is 16.6 Å². The number of ether oxygens (including phenoxy) is 1. The van der Waals surface area contributed by atoms with Gasteiger partial charge in [-0.2, -0.15) is 4.98 Å². The number of hydrogen-bond donors (Lipinski definition) is 2. The first kappa shape index (κ1) is 14.6. The number of nitrogens with two attached hydrogens (primary N) is 1. The van der Waals surface area contributed by atoms with Crippen LogP contribution in [0.25, 0.3) is 0 Å². The molecular formula is C14H17BrN4O. The van der Waals surface area contributed by atoms with Crippen molar-refractivity contribution in [1.82, 2.24) is 9.97 Å². The summed E-state index contributed by atoms with van der Waals surface area (Å²) in [4.78, 5) is 8.19. The number of nitrogens with zero attached hydrogens (tertiary/aromatic N) is 2.